The minimum absolute atomic E-state index is 0.168. The molecule has 1 aliphatic carbocycles. The predicted octanol–water partition coefficient (Wildman–Crippen LogP) is 4.52. The molecule has 0 amide bonds. The summed E-state index contributed by atoms with van der Waals surface area (Å²) in [6, 6.07) is 5.18. The minimum Gasteiger partial charge on any atom is -0.478 e. The van der Waals surface area contributed by atoms with Gasteiger partial charge in [0.2, 0.25) is 0 Å². The Morgan fingerprint density at radius 3 is 2.70 bits per heavy atom. The summed E-state index contributed by atoms with van der Waals surface area (Å²) in [7, 11) is 0. The average molecular weight is 314 g/mol. The first-order valence-electron chi connectivity index (χ1n) is 6.89. The third-order valence-corrected chi connectivity index (χ3v) is 5.76. The third-order valence-electron chi connectivity index (χ3n) is 4.03. The Labute approximate surface area is 129 Å². The van der Waals surface area contributed by atoms with E-state index >= 15 is 0 Å². The molecule has 1 aromatic carbocycles. The van der Waals surface area contributed by atoms with Gasteiger partial charge in [0.05, 0.1) is 10.7 Å². The third kappa shape index (κ3) is 3.41. The summed E-state index contributed by atoms with van der Waals surface area (Å²) in [6.07, 6.45) is 8.32. The maximum Gasteiger partial charge on any atom is 0.339 e. The van der Waals surface area contributed by atoms with Crippen molar-refractivity contribution in [3.05, 3.63) is 28.8 Å². The van der Waals surface area contributed by atoms with Gasteiger partial charge in [0.1, 0.15) is 5.56 Å². The molecule has 0 aromatic heterocycles. The number of thioether (sulfide) groups is 1. The molecule has 0 atom stereocenters. The lowest BCUT2D eigenvalue weighted by molar-refractivity contribution is 0.0698. The topological polar surface area (TPSA) is 49.3 Å². The predicted molar refractivity (Wildman–Crippen MR) is 86.2 cm³/mol. The van der Waals surface area contributed by atoms with Crippen LogP contribution in [0.25, 0.3) is 0 Å². The van der Waals surface area contributed by atoms with Crippen molar-refractivity contribution in [3.63, 3.8) is 0 Å². The van der Waals surface area contributed by atoms with Gasteiger partial charge in [0, 0.05) is 11.3 Å². The van der Waals surface area contributed by atoms with Gasteiger partial charge in [-0.05, 0) is 31.2 Å². The number of aromatic carboxylic acids is 1. The van der Waals surface area contributed by atoms with Crippen molar-refractivity contribution in [2.75, 3.05) is 18.1 Å². The van der Waals surface area contributed by atoms with Crippen LogP contribution in [0.4, 0.5) is 5.69 Å². The molecule has 0 spiro atoms. The molecule has 0 bridgehead atoms. The second-order valence-corrected chi connectivity index (χ2v) is 6.95. The molecule has 1 aliphatic rings. The summed E-state index contributed by atoms with van der Waals surface area (Å²) in [4.78, 5) is 11.3. The van der Waals surface area contributed by atoms with Crippen LogP contribution in [0.2, 0.25) is 5.02 Å². The molecule has 1 fully saturated rings. The number of anilines is 1. The molecule has 0 radical (unpaired) electrons. The van der Waals surface area contributed by atoms with E-state index in [2.05, 4.69) is 11.6 Å². The molecule has 0 unspecified atom stereocenters. The van der Waals surface area contributed by atoms with Crippen LogP contribution in [0.5, 0.6) is 0 Å². The zero-order chi connectivity index (χ0) is 14.6. The van der Waals surface area contributed by atoms with Crippen LogP contribution in [0.3, 0.4) is 0 Å². The van der Waals surface area contributed by atoms with Crippen molar-refractivity contribution in [2.45, 2.75) is 36.9 Å². The Balaban J connectivity index is 2.14. The Bertz CT molecular complexity index is 487. The van der Waals surface area contributed by atoms with E-state index in [9.17, 15) is 9.90 Å². The van der Waals surface area contributed by atoms with E-state index in [1.54, 1.807) is 18.2 Å². The lowest BCUT2D eigenvalue weighted by atomic mass is 9.88. The molecular formula is C15H20ClNO2S. The summed E-state index contributed by atoms with van der Waals surface area (Å²) < 4.78 is 0.219. The zero-order valence-corrected chi connectivity index (χ0v) is 13.2. The van der Waals surface area contributed by atoms with Gasteiger partial charge in [-0.2, -0.15) is 11.8 Å². The molecule has 0 saturated heterocycles. The van der Waals surface area contributed by atoms with E-state index in [1.165, 1.54) is 32.1 Å². The number of carbonyl (C=O) groups is 1. The van der Waals surface area contributed by atoms with Crippen molar-refractivity contribution in [1.29, 1.82) is 0 Å². The number of halogens is 1. The largest absolute Gasteiger partial charge is 0.478 e. The number of carboxylic acids is 1. The van der Waals surface area contributed by atoms with Crippen LogP contribution in [0, 0.1) is 0 Å². The van der Waals surface area contributed by atoms with Crippen molar-refractivity contribution in [2.24, 2.45) is 0 Å². The Kier molecular flexibility index (Phi) is 5.22. The Morgan fingerprint density at radius 1 is 1.40 bits per heavy atom. The molecule has 110 valence electrons. The van der Waals surface area contributed by atoms with E-state index in [4.69, 9.17) is 11.6 Å². The summed E-state index contributed by atoms with van der Waals surface area (Å²) >= 11 is 7.88. The smallest absolute Gasteiger partial charge is 0.339 e. The monoisotopic (exact) mass is 313 g/mol. The number of hydrogen-bond acceptors (Lipinski definition) is 3. The minimum atomic E-state index is -0.986. The Hall–Kier alpha value is -0.870. The second kappa shape index (κ2) is 6.72. The van der Waals surface area contributed by atoms with Crippen LogP contribution in [-0.2, 0) is 0 Å². The lowest BCUT2D eigenvalue weighted by Crippen LogP contribution is -2.35. The normalized spacial score (nSPS) is 17.7. The number of nitrogens with one attached hydrogen (secondary N) is 1. The molecular weight excluding hydrogens is 294 g/mol. The SMILES string of the molecule is CSC1(CNc2cccc(Cl)c2C(=O)O)CCCCC1. The van der Waals surface area contributed by atoms with E-state index in [-0.39, 0.29) is 15.3 Å². The number of benzene rings is 1. The number of carboxylic acid groups (broad SMARTS) is 1. The summed E-state index contributed by atoms with van der Waals surface area (Å²) in [5.41, 5.74) is 0.783. The molecule has 0 heterocycles. The van der Waals surface area contributed by atoms with E-state index in [0.717, 1.165) is 6.54 Å². The highest BCUT2D eigenvalue weighted by Gasteiger charge is 2.31. The number of rotatable bonds is 5. The first-order valence-corrected chi connectivity index (χ1v) is 8.49. The first-order chi connectivity index (χ1) is 9.58. The van der Waals surface area contributed by atoms with E-state index in [1.807, 2.05) is 11.8 Å². The fraction of sp³-hybridized carbons (Fsp3) is 0.533. The van der Waals surface area contributed by atoms with Gasteiger partial charge in [0.15, 0.2) is 0 Å². The summed E-state index contributed by atoms with van der Waals surface area (Å²) in [5.74, 6) is -0.986. The quantitative estimate of drug-likeness (QED) is 0.839. The van der Waals surface area contributed by atoms with Gasteiger partial charge in [-0.15, -0.1) is 0 Å². The molecule has 20 heavy (non-hydrogen) atoms. The molecule has 0 aliphatic heterocycles. The second-order valence-electron chi connectivity index (χ2n) is 5.27. The summed E-state index contributed by atoms with van der Waals surface area (Å²) in [6.45, 7) is 0.786. The van der Waals surface area contributed by atoms with Gasteiger partial charge in [-0.1, -0.05) is 36.9 Å². The van der Waals surface area contributed by atoms with Crippen LogP contribution < -0.4 is 5.32 Å². The lowest BCUT2D eigenvalue weighted by Gasteiger charge is -2.36. The molecule has 3 nitrogen and oxygen atoms in total. The standard InChI is InChI=1S/C15H20ClNO2S/c1-20-15(8-3-2-4-9-15)10-17-12-7-5-6-11(16)13(12)14(18)19/h5-7,17H,2-4,8-10H2,1H3,(H,18,19). The van der Waals surface area contributed by atoms with E-state index in [0.29, 0.717) is 5.69 Å². The van der Waals surface area contributed by atoms with Crippen molar-refractivity contribution in [3.8, 4) is 0 Å². The van der Waals surface area contributed by atoms with Crippen molar-refractivity contribution >= 4 is 35.0 Å². The highest BCUT2D eigenvalue weighted by molar-refractivity contribution is 8.00. The fourth-order valence-electron chi connectivity index (χ4n) is 2.79. The average Bonchev–Trinajstić information content (AvgIpc) is 2.45. The Morgan fingerprint density at radius 2 is 2.10 bits per heavy atom. The molecule has 5 heteroatoms. The van der Waals surface area contributed by atoms with Gasteiger partial charge in [-0.3, -0.25) is 0 Å². The molecule has 1 saturated carbocycles. The van der Waals surface area contributed by atoms with Crippen molar-refractivity contribution < 1.29 is 9.90 Å². The van der Waals surface area contributed by atoms with Gasteiger partial charge in [-0.25, -0.2) is 4.79 Å². The highest BCUT2D eigenvalue weighted by Crippen LogP contribution is 2.39. The van der Waals surface area contributed by atoms with Crippen LogP contribution >= 0.6 is 23.4 Å². The number of hydrogen-bond donors (Lipinski definition) is 2. The van der Waals surface area contributed by atoms with Crippen LogP contribution in [0.1, 0.15) is 42.5 Å². The zero-order valence-electron chi connectivity index (χ0n) is 11.6. The molecule has 1 aromatic rings. The highest BCUT2D eigenvalue weighted by atomic mass is 35.5. The summed E-state index contributed by atoms with van der Waals surface area (Å²) in [5, 5.41) is 12.9. The fourth-order valence-corrected chi connectivity index (χ4v) is 3.96. The molecule has 2 N–H and O–H groups in total. The van der Waals surface area contributed by atoms with Crippen LogP contribution in [-0.4, -0.2) is 28.6 Å². The van der Waals surface area contributed by atoms with Crippen LogP contribution in [0.15, 0.2) is 18.2 Å². The molecule has 2 rings (SSSR count). The van der Waals surface area contributed by atoms with Gasteiger partial charge < -0.3 is 10.4 Å². The van der Waals surface area contributed by atoms with E-state index < -0.39 is 5.97 Å². The first kappa shape index (κ1) is 15.5. The van der Waals surface area contributed by atoms with Gasteiger partial charge in [0.25, 0.3) is 0 Å². The maximum absolute atomic E-state index is 11.3. The van der Waals surface area contributed by atoms with Crippen molar-refractivity contribution in [1.82, 2.24) is 0 Å². The maximum atomic E-state index is 11.3. The van der Waals surface area contributed by atoms with Gasteiger partial charge >= 0.3 is 5.97 Å².